The third kappa shape index (κ3) is 3.90. The first-order chi connectivity index (χ1) is 15.0. The predicted octanol–water partition coefficient (Wildman–Crippen LogP) is 3.46. The molecular weight excluding hydrogens is 397 g/mol. The minimum Gasteiger partial charge on any atom is -0.419 e. The molecule has 2 aromatic carbocycles. The first-order valence-corrected chi connectivity index (χ1v) is 10.4. The highest BCUT2D eigenvalue weighted by Gasteiger charge is 2.53. The second kappa shape index (κ2) is 7.77. The van der Waals surface area contributed by atoms with Gasteiger partial charge in [0.05, 0.1) is 6.04 Å². The highest BCUT2D eigenvalue weighted by atomic mass is 19.1. The van der Waals surface area contributed by atoms with Gasteiger partial charge in [0.15, 0.2) is 0 Å². The van der Waals surface area contributed by atoms with Gasteiger partial charge in [0.1, 0.15) is 5.82 Å². The van der Waals surface area contributed by atoms with Crippen molar-refractivity contribution in [3.63, 3.8) is 0 Å². The quantitative estimate of drug-likeness (QED) is 0.698. The van der Waals surface area contributed by atoms with Crippen molar-refractivity contribution >= 4 is 6.03 Å². The van der Waals surface area contributed by atoms with Crippen LogP contribution in [0.5, 0.6) is 0 Å². The smallest absolute Gasteiger partial charge is 0.317 e. The van der Waals surface area contributed by atoms with Crippen molar-refractivity contribution in [2.75, 3.05) is 26.7 Å². The first-order valence-electron chi connectivity index (χ1n) is 10.4. The Hall–Kier alpha value is -3.26. The summed E-state index contributed by atoms with van der Waals surface area (Å²) >= 11 is 0. The molecular formula is C23H24FN5O2. The molecule has 1 spiro atoms. The Labute approximate surface area is 179 Å². The highest BCUT2D eigenvalue weighted by Crippen LogP contribution is 2.47. The number of halogens is 1. The Kier molecular flexibility index (Phi) is 4.94. The molecule has 2 amide bonds. The number of nitrogens with zero attached hydrogens (tertiary/aromatic N) is 4. The van der Waals surface area contributed by atoms with E-state index < -0.39 is 0 Å². The fourth-order valence-electron chi connectivity index (χ4n) is 4.64. The zero-order chi connectivity index (χ0) is 21.4. The van der Waals surface area contributed by atoms with Crippen LogP contribution in [-0.2, 0) is 6.54 Å². The van der Waals surface area contributed by atoms with E-state index in [9.17, 15) is 9.18 Å². The normalized spacial score (nSPS) is 20.1. The van der Waals surface area contributed by atoms with Crippen LogP contribution in [0.2, 0.25) is 0 Å². The van der Waals surface area contributed by atoms with Gasteiger partial charge in [0.2, 0.25) is 11.8 Å². The zero-order valence-corrected chi connectivity index (χ0v) is 17.3. The van der Waals surface area contributed by atoms with Crippen LogP contribution in [0.3, 0.4) is 0 Å². The molecule has 0 aliphatic carbocycles. The molecule has 0 bridgehead atoms. The number of amides is 2. The number of rotatable bonds is 4. The van der Waals surface area contributed by atoms with Crippen molar-refractivity contribution in [2.45, 2.75) is 19.0 Å². The number of carbonyl (C=O) groups is 1. The van der Waals surface area contributed by atoms with Crippen molar-refractivity contribution < 1.29 is 13.6 Å². The van der Waals surface area contributed by atoms with Crippen molar-refractivity contribution in [1.82, 2.24) is 25.3 Å². The van der Waals surface area contributed by atoms with Crippen molar-refractivity contribution in [2.24, 2.45) is 5.41 Å². The highest BCUT2D eigenvalue weighted by molar-refractivity contribution is 5.75. The van der Waals surface area contributed by atoms with Crippen molar-refractivity contribution in [1.29, 1.82) is 0 Å². The van der Waals surface area contributed by atoms with E-state index in [4.69, 9.17) is 4.42 Å². The molecule has 8 heteroatoms. The van der Waals surface area contributed by atoms with Gasteiger partial charge >= 0.3 is 6.03 Å². The topological polar surface area (TPSA) is 74.5 Å². The Morgan fingerprint density at radius 1 is 1.13 bits per heavy atom. The lowest BCUT2D eigenvalue weighted by molar-refractivity contribution is 0.0400. The molecule has 3 heterocycles. The van der Waals surface area contributed by atoms with E-state index in [1.807, 2.05) is 35.2 Å². The number of hydrogen-bond acceptors (Lipinski definition) is 5. The maximum absolute atomic E-state index is 13.0. The summed E-state index contributed by atoms with van der Waals surface area (Å²) in [5, 5.41) is 11.4. The first kappa shape index (κ1) is 19.7. The van der Waals surface area contributed by atoms with E-state index in [2.05, 4.69) is 27.5 Å². The number of likely N-dealkylation sites (tertiary alicyclic amines) is 2. The number of carbonyl (C=O) groups excluding carboxylic acids is 1. The molecule has 160 valence electrons. The fourth-order valence-corrected chi connectivity index (χ4v) is 4.64. The molecule has 2 aliphatic heterocycles. The second-order valence-electron chi connectivity index (χ2n) is 8.59. The summed E-state index contributed by atoms with van der Waals surface area (Å²) in [6, 6.07) is 15.9. The van der Waals surface area contributed by atoms with Crippen molar-refractivity contribution in [3.8, 4) is 11.5 Å². The van der Waals surface area contributed by atoms with Crippen molar-refractivity contribution in [3.05, 3.63) is 71.9 Å². The second-order valence-corrected chi connectivity index (χ2v) is 8.59. The average molecular weight is 421 g/mol. The predicted molar refractivity (Wildman–Crippen MR) is 112 cm³/mol. The van der Waals surface area contributed by atoms with E-state index >= 15 is 0 Å². The number of urea groups is 1. The van der Waals surface area contributed by atoms with Gasteiger partial charge in [-0.15, -0.1) is 10.2 Å². The molecule has 1 unspecified atom stereocenters. The number of benzene rings is 2. The molecule has 0 radical (unpaired) electrons. The van der Waals surface area contributed by atoms with Crippen LogP contribution in [0.1, 0.15) is 23.9 Å². The Balaban J connectivity index is 1.17. The van der Waals surface area contributed by atoms with Crippen LogP contribution in [0.15, 0.2) is 59.0 Å². The molecule has 2 aliphatic rings. The van der Waals surface area contributed by atoms with Gasteiger partial charge in [-0.2, -0.15) is 0 Å². The van der Waals surface area contributed by atoms with Gasteiger partial charge in [-0.05, 0) is 43.3 Å². The monoisotopic (exact) mass is 421 g/mol. The van der Waals surface area contributed by atoms with Crippen LogP contribution in [0.4, 0.5) is 9.18 Å². The van der Waals surface area contributed by atoms with Crippen LogP contribution in [0.25, 0.3) is 11.5 Å². The van der Waals surface area contributed by atoms with Crippen LogP contribution >= 0.6 is 0 Å². The zero-order valence-electron chi connectivity index (χ0n) is 17.3. The summed E-state index contributed by atoms with van der Waals surface area (Å²) in [7, 11) is 2.06. The molecule has 3 aromatic rings. The lowest BCUT2D eigenvalue weighted by Crippen LogP contribution is -2.61. The van der Waals surface area contributed by atoms with Gasteiger partial charge in [0, 0.05) is 37.2 Å². The minimum absolute atomic E-state index is 0.0496. The summed E-state index contributed by atoms with van der Waals surface area (Å²) in [4.78, 5) is 16.5. The molecule has 7 nitrogen and oxygen atoms in total. The standard InChI is InChI=1S/C23H24FN5O2/c1-28-13-23(11-19(28)21-27-26-20(31-21)17-5-3-2-4-6-17)14-29(15-23)22(30)25-12-16-7-9-18(24)10-8-16/h2-10,19H,11-15H2,1H3,(H,25,30). The van der Waals surface area contributed by atoms with Gasteiger partial charge in [-0.3, -0.25) is 4.90 Å². The van der Waals surface area contributed by atoms with Gasteiger partial charge < -0.3 is 14.6 Å². The molecule has 0 saturated carbocycles. The fraction of sp³-hybridized carbons (Fsp3) is 0.348. The van der Waals surface area contributed by atoms with Gasteiger partial charge in [-0.1, -0.05) is 30.3 Å². The largest absolute Gasteiger partial charge is 0.419 e. The summed E-state index contributed by atoms with van der Waals surface area (Å²) in [6.45, 7) is 2.66. The van der Waals surface area contributed by atoms with Crippen LogP contribution in [0, 0.1) is 11.2 Å². The number of hydrogen-bond donors (Lipinski definition) is 1. The Bertz CT molecular complexity index is 1060. The molecule has 1 aromatic heterocycles. The Morgan fingerprint density at radius 2 is 1.87 bits per heavy atom. The van der Waals surface area contributed by atoms with Crippen LogP contribution < -0.4 is 5.32 Å². The molecule has 1 N–H and O–H groups in total. The molecule has 1 atom stereocenters. The van der Waals surface area contributed by atoms with Gasteiger partial charge in [0.25, 0.3) is 0 Å². The van der Waals surface area contributed by atoms with E-state index in [1.54, 1.807) is 12.1 Å². The van der Waals surface area contributed by atoms with E-state index in [0.29, 0.717) is 31.4 Å². The Morgan fingerprint density at radius 3 is 2.61 bits per heavy atom. The summed E-state index contributed by atoms with van der Waals surface area (Å²) in [6.07, 6.45) is 0.877. The van der Waals surface area contributed by atoms with E-state index in [-0.39, 0.29) is 23.3 Å². The lowest BCUT2D eigenvalue weighted by atomic mass is 9.78. The average Bonchev–Trinajstić information content (AvgIpc) is 3.37. The van der Waals surface area contributed by atoms with E-state index in [0.717, 1.165) is 24.1 Å². The maximum Gasteiger partial charge on any atom is 0.317 e. The summed E-state index contributed by atoms with van der Waals surface area (Å²) < 4.78 is 19.0. The number of aromatic nitrogens is 2. The van der Waals surface area contributed by atoms with E-state index in [1.165, 1.54) is 12.1 Å². The molecule has 31 heavy (non-hydrogen) atoms. The summed E-state index contributed by atoms with van der Waals surface area (Å²) in [5.41, 5.74) is 1.83. The third-order valence-corrected chi connectivity index (χ3v) is 6.19. The lowest BCUT2D eigenvalue weighted by Gasteiger charge is -2.47. The third-order valence-electron chi connectivity index (χ3n) is 6.19. The maximum atomic E-state index is 13.0. The van der Waals surface area contributed by atoms with Gasteiger partial charge in [-0.25, -0.2) is 9.18 Å². The molecule has 5 rings (SSSR count). The van der Waals surface area contributed by atoms with Crippen LogP contribution in [-0.4, -0.2) is 52.7 Å². The summed E-state index contributed by atoms with van der Waals surface area (Å²) in [5.74, 6) is 0.870. The molecule has 2 fully saturated rings. The molecule has 2 saturated heterocycles. The minimum atomic E-state index is -0.281. The SMILES string of the molecule is CN1CC2(CC1c1nnc(-c3ccccc3)o1)CN(C(=O)NCc1ccc(F)cc1)C2. The number of nitrogens with one attached hydrogen (secondary N) is 1.